The summed E-state index contributed by atoms with van der Waals surface area (Å²) in [5.74, 6) is 0.609. The van der Waals surface area contributed by atoms with Crippen LogP contribution in [0.2, 0.25) is 0 Å². The summed E-state index contributed by atoms with van der Waals surface area (Å²) in [7, 11) is 0. The van der Waals surface area contributed by atoms with Crippen molar-refractivity contribution >= 4 is 33.4 Å². The van der Waals surface area contributed by atoms with E-state index in [4.69, 9.17) is 9.97 Å². The number of anilines is 2. The number of hydrogen-bond acceptors (Lipinski definition) is 4. The zero-order valence-corrected chi connectivity index (χ0v) is 28.4. The molecular weight excluding hydrogens is 635 g/mol. The molecule has 9 rings (SSSR count). The molecule has 0 atom stereocenters. The molecule has 0 spiro atoms. The lowest BCUT2D eigenvalue weighted by atomic mass is 10.0. The maximum atomic E-state index is 9.49. The smallest absolute Gasteiger partial charge is 0.231 e. The number of benzene rings is 6. The fraction of sp³-hybridized carbons (Fsp3) is 0.0426. The summed E-state index contributed by atoms with van der Waals surface area (Å²) >= 11 is 0. The maximum Gasteiger partial charge on any atom is 0.231 e. The first-order valence-electron chi connectivity index (χ1n) is 17.5. The molecule has 0 saturated carbocycles. The normalized spacial score (nSPS) is 13.9. The molecule has 0 fully saturated rings. The minimum absolute atomic E-state index is 0.565. The molecule has 0 bridgehead atoms. The van der Waals surface area contributed by atoms with E-state index in [-0.39, 0.29) is 0 Å². The second-order valence-corrected chi connectivity index (χ2v) is 12.9. The second kappa shape index (κ2) is 13.4. The standard InChI is InChI=1S/C47H33N5/c48-32-33-20-22-37(23-21-33)43-31-42(36-15-8-4-9-16-36)49-47(50-43)51-30-12-2-1-5-17-38-26-29-41-40-18-10-11-19-44(40)52(46(41)45(38)51)39-27-24-35(25-28-39)34-13-6-3-7-14-34/h1-16,18-29,31H,17,30H2/b5-1-,12-2-. The van der Waals surface area contributed by atoms with Gasteiger partial charge in [-0.1, -0.05) is 140 Å². The summed E-state index contributed by atoms with van der Waals surface area (Å²) in [5.41, 5.74) is 12.1. The topological polar surface area (TPSA) is 57.7 Å². The Labute approximate surface area is 302 Å². The highest BCUT2D eigenvalue weighted by molar-refractivity contribution is 6.14. The van der Waals surface area contributed by atoms with E-state index in [1.54, 1.807) is 0 Å². The molecule has 8 aromatic rings. The van der Waals surface area contributed by atoms with Crippen LogP contribution < -0.4 is 4.90 Å². The second-order valence-electron chi connectivity index (χ2n) is 12.9. The predicted octanol–water partition coefficient (Wildman–Crippen LogP) is 11.3. The summed E-state index contributed by atoms with van der Waals surface area (Å²) in [5, 5.41) is 11.8. The highest BCUT2D eigenvalue weighted by Crippen LogP contribution is 2.43. The Balaban J connectivity index is 1.31. The maximum absolute atomic E-state index is 9.49. The van der Waals surface area contributed by atoms with Crippen molar-refractivity contribution in [1.82, 2.24) is 14.5 Å². The van der Waals surface area contributed by atoms with Gasteiger partial charge in [-0.15, -0.1) is 0 Å². The summed E-state index contributed by atoms with van der Waals surface area (Å²) in [4.78, 5) is 12.9. The lowest BCUT2D eigenvalue weighted by molar-refractivity contribution is 0.983. The zero-order chi connectivity index (χ0) is 34.9. The molecule has 0 aliphatic carbocycles. The lowest BCUT2D eigenvalue weighted by Gasteiger charge is -2.27. The van der Waals surface area contributed by atoms with Gasteiger partial charge in [0.15, 0.2) is 0 Å². The largest absolute Gasteiger partial charge is 0.307 e. The molecule has 3 heterocycles. The molecule has 0 N–H and O–H groups in total. The molecule has 6 aromatic carbocycles. The number of allylic oxidation sites excluding steroid dienone is 3. The Kier molecular flexibility index (Phi) is 7.96. The van der Waals surface area contributed by atoms with Gasteiger partial charge >= 0.3 is 0 Å². The Morgan fingerprint density at radius 3 is 1.90 bits per heavy atom. The van der Waals surface area contributed by atoms with Crippen LogP contribution in [0.5, 0.6) is 0 Å². The number of nitrogens with zero attached hydrogens (tertiary/aromatic N) is 5. The number of hydrogen-bond donors (Lipinski definition) is 0. The van der Waals surface area contributed by atoms with Gasteiger partial charge in [-0.25, -0.2) is 9.97 Å². The first kappa shape index (κ1) is 31.0. The third kappa shape index (κ3) is 5.63. The molecule has 246 valence electrons. The number of aromatic nitrogens is 3. The van der Waals surface area contributed by atoms with E-state index in [1.807, 2.05) is 48.5 Å². The van der Waals surface area contributed by atoms with Crippen molar-refractivity contribution in [3.05, 3.63) is 187 Å². The summed E-state index contributed by atoms with van der Waals surface area (Å²) < 4.78 is 2.40. The van der Waals surface area contributed by atoms with Crippen molar-refractivity contribution in [3.63, 3.8) is 0 Å². The SMILES string of the molecule is N#Cc1ccc(-c2cc(-c3ccccc3)nc(N3C/C=C\C=C/Cc4ccc5c6ccccc6n(-c6ccc(-c7ccccc7)cc6)c5c43)n2)cc1. The van der Waals surface area contributed by atoms with Crippen LogP contribution >= 0.6 is 0 Å². The van der Waals surface area contributed by atoms with Crippen molar-refractivity contribution in [2.45, 2.75) is 6.42 Å². The summed E-state index contributed by atoms with van der Waals surface area (Å²) in [6.07, 6.45) is 9.37. The van der Waals surface area contributed by atoms with Crippen LogP contribution in [0.3, 0.4) is 0 Å². The van der Waals surface area contributed by atoms with Crippen LogP contribution in [0.1, 0.15) is 11.1 Å². The van der Waals surface area contributed by atoms with Crippen LogP contribution in [0, 0.1) is 11.3 Å². The van der Waals surface area contributed by atoms with Gasteiger partial charge in [0, 0.05) is 34.1 Å². The molecule has 5 heteroatoms. The van der Waals surface area contributed by atoms with Gasteiger partial charge in [0.25, 0.3) is 0 Å². The number of nitriles is 1. The van der Waals surface area contributed by atoms with Crippen LogP contribution in [0.15, 0.2) is 176 Å². The van der Waals surface area contributed by atoms with Gasteiger partial charge in [-0.05, 0) is 59.5 Å². The lowest BCUT2D eigenvalue weighted by Crippen LogP contribution is -2.22. The molecule has 1 aliphatic rings. The van der Waals surface area contributed by atoms with Gasteiger partial charge in [0.05, 0.1) is 39.7 Å². The molecule has 0 unspecified atom stereocenters. The van der Waals surface area contributed by atoms with Crippen molar-refractivity contribution in [2.24, 2.45) is 0 Å². The van der Waals surface area contributed by atoms with E-state index in [2.05, 4.69) is 143 Å². The molecule has 0 amide bonds. The minimum atomic E-state index is 0.565. The average Bonchev–Trinajstić information content (AvgIpc) is 3.60. The van der Waals surface area contributed by atoms with E-state index in [0.717, 1.165) is 51.3 Å². The van der Waals surface area contributed by atoms with Gasteiger partial charge in [0.2, 0.25) is 5.95 Å². The molecule has 1 aliphatic heterocycles. The number of rotatable bonds is 5. The van der Waals surface area contributed by atoms with Gasteiger partial charge in [-0.2, -0.15) is 5.26 Å². The van der Waals surface area contributed by atoms with Crippen LogP contribution in [0.4, 0.5) is 11.6 Å². The van der Waals surface area contributed by atoms with E-state index >= 15 is 0 Å². The highest BCUT2D eigenvalue weighted by Gasteiger charge is 2.25. The Morgan fingerprint density at radius 1 is 0.558 bits per heavy atom. The van der Waals surface area contributed by atoms with Gasteiger partial charge in [-0.3, -0.25) is 0 Å². The number of fused-ring (bicyclic) bond motifs is 5. The predicted molar refractivity (Wildman–Crippen MR) is 213 cm³/mol. The first-order chi connectivity index (χ1) is 25.7. The van der Waals surface area contributed by atoms with Crippen LogP contribution in [-0.2, 0) is 6.42 Å². The quantitative estimate of drug-likeness (QED) is 0.183. The average molecular weight is 668 g/mol. The highest BCUT2D eigenvalue weighted by atomic mass is 15.3. The Morgan fingerprint density at radius 2 is 1.17 bits per heavy atom. The van der Waals surface area contributed by atoms with Crippen molar-refractivity contribution in [3.8, 4) is 45.4 Å². The molecule has 5 nitrogen and oxygen atoms in total. The van der Waals surface area contributed by atoms with Crippen LogP contribution in [-0.4, -0.2) is 21.1 Å². The number of para-hydroxylation sites is 1. The summed E-state index contributed by atoms with van der Waals surface area (Å²) in [6, 6.07) is 54.7. The van der Waals surface area contributed by atoms with Gasteiger partial charge in [0.1, 0.15) is 0 Å². The fourth-order valence-corrected chi connectivity index (χ4v) is 7.22. The van der Waals surface area contributed by atoms with E-state index in [1.165, 1.54) is 27.5 Å². The van der Waals surface area contributed by atoms with Crippen molar-refractivity contribution < 1.29 is 0 Å². The van der Waals surface area contributed by atoms with E-state index < -0.39 is 0 Å². The monoisotopic (exact) mass is 667 g/mol. The summed E-state index contributed by atoms with van der Waals surface area (Å²) in [6.45, 7) is 0.565. The molecule has 52 heavy (non-hydrogen) atoms. The molecular formula is C47H33N5. The van der Waals surface area contributed by atoms with E-state index in [0.29, 0.717) is 18.1 Å². The van der Waals surface area contributed by atoms with Crippen molar-refractivity contribution in [1.29, 1.82) is 5.26 Å². The molecule has 2 aromatic heterocycles. The van der Waals surface area contributed by atoms with Crippen molar-refractivity contribution in [2.75, 3.05) is 11.4 Å². The molecule has 0 radical (unpaired) electrons. The fourth-order valence-electron chi connectivity index (χ4n) is 7.22. The zero-order valence-electron chi connectivity index (χ0n) is 28.4. The molecule has 0 saturated heterocycles. The van der Waals surface area contributed by atoms with E-state index in [9.17, 15) is 5.26 Å². The Hall–Kier alpha value is -7.03. The third-order valence-corrected chi connectivity index (χ3v) is 9.74. The minimum Gasteiger partial charge on any atom is -0.307 e. The van der Waals surface area contributed by atoms with Gasteiger partial charge < -0.3 is 9.47 Å². The van der Waals surface area contributed by atoms with Crippen LogP contribution in [0.25, 0.3) is 61.1 Å². The third-order valence-electron chi connectivity index (χ3n) is 9.74. The first-order valence-corrected chi connectivity index (χ1v) is 17.5. The Bertz CT molecular complexity index is 2660.